The van der Waals surface area contributed by atoms with Crippen LogP contribution in [0.5, 0.6) is 5.75 Å². The lowest BCUT2D eigenvalue weighted by Crippen LogP contribution is -1.95. The van der Waals surface area contributed by atoms with Gasteiger partial charge < -0.3 is 15.0 Å². The molecule has 0 amide bonds. The van der Waals surface area contributed by atoms with E-state index >= 15 is 0 Å². The van der Waals surface area contributed by atoms with Crippen LogP contribution in [0.25, 0.3) is 11.1 Å². The number of nitrogens with two attached hydrogens (primary N) is 1. The van der Waals surface area contributed by atoms with Gasteiger partial charge in [-0.05, 0) is 31.0 Å². The maximum atomic E-state index is 6.07. The van der Waals surface area contributed by atoms with Gasteiger partial charge in [-0.25, -0.2) is 0 Å². The van der Waals surface area contributed by atoms with Gasteiger partial charge in [0.15, 0.2) is 0 Å². The number of unbranched alkanes of at least 4 members (excludes halogenated alkanes) is 2. The summed E-state index contributed by atoms with van der Waals surface area (Å²) in [7, 11) is 1.62. The molecule has 20 heavy (non-hydrogen) atoms. The van der Waals surface area contributed by atoms with E-state index in [2.05, 4.69) is 12.1 Å². The highest BCUT2D eigenvalue weighted by atomic mass is 35.5. The molecule has 0 atom stereocenters. The van der Waals surface area contributed by atoms with Gasteiger partial charge in [-0.15, -0.1) is 0 Å². The van der Waals surface area contributed by atoms with E-state index in [0.717, 1.165) is 42.5 Å². The van der Waals surface area contributed by atoms with Crippen LogP contribution in [0.15, 0.2) is 22.7 Å². The van der Waals surface area contributed by atoms with Gasteiger partial charge in [-0.1, -0.05) is 36.5 Å². The molecule has 0 radical (unpaired) electrons. The van der Waals surface area contributed by atoms with Crippen molar-refractivity contribution in [2.75, 3.05) is 12.8 Å². The Bertz CT molecular complexity index is 581. The third kappa shape index (κ3) is 3.07. The van der Waals surface area contributed by atoms with E-state index in [1.54, 1.807) is 13.2 Å². The van der Waals surface area contributed by atoms with Crippen LogP contribution in [0.1, 0.15) is 31.9 Å². The molecule has 0 bridgehead atoms. The number of anilines is 1. The molecule has 5 heteroatoms. The van der Waals surface area contributed by atoms with E-state index in [4.69, 9.17) is 26.6 Å². The van der Waals surface area contributed by atoms with Gasteiger partial charge in [-0.2, -0.15) is 0 Å². The van der Waals surface area contributed by atoms with E-state index in [1.807, 2.05) is 12.1 Å². The molecule has 0 spiro atoms. The summed E-state index contributed by atoms with van der Waals surface area (Å²) in [6.07, 6.45) is 4.19. The normalized spacial score (nSPS) is 10.8. The number of aromatic nitrogens is 1. The number of halogens is 1. The Hall–Kier alpha value is -1.68. The zero-order valence-electron chi connectivity index (χ0n) is 11.8. The van der Waals surface area contributed by atoms with Crippen LogP contribution in [0.3, 0.4) is 0 Å². The molecule has 0 aliphatic rings. The maximum absolute atomic E-state index is 6.07. The Morgan fingerprint density at radius 3 is 2.85 bits per heavy atom. The second-order valence-electron chi connectivity index (χ2n) is 4.67. The third-order valence-electron chi connectivity index (χ3n) is 3.24. The minimum atomic E-state index is 0.303. The minimum absolute atomic E-state index is 0.303. The summed E-state index contributed by atoms with van der Waals surface area (Å²) in [4.78, 5) is 0. The number of aryl methyl sites for hydroxylation is 1. The molecule has 2 rings (SSSR count). The highest BCUT2D eigenvalue weighted by molar-refractivity contribution is 6.31. The van der Waals surface area contributed by atoms with Crippen LogP contribution >= 0.6 is 11.6 Å². The first-order valence-corrected chi connectivity index (χ1v) is 7.13. The minimum Gasteiger partial charge on any atom is -0.496 e. The molecule has 0 aliphatic carbocycles. The van der Waals surface area contributed by atoms with Crippen molar-refractivity contribution in [2.24, 2.45) is 0 Å². The van der Waals surface area contributed by atoms with E-state index in [1.165, 1.54) is 0 Å². The molecule has 0 saturated carbocycles. The lowest BCUT2D eigenvalue weighted by atomic mass is 10.0. The average molecular weight is 295 g/mol. The Kier molecular flexibility index (Phi) is 4.90. The van der Waals surface area contributed by atoms with E-state index in [0.29, 0.717) is 16.7 Å². The number of methoxy groups -OCH3 is 1. The van der Waals surface area contributed by atoms with Crippen molar-refractivity contribution in [1.82, 2.24) is 5.16 Å². The molecule has 2 aromatic rings. The molecule has 0 aliphatic heterocycles. The fourth-order valence-corrected chi connectivity index (χ4v) is 2.39. The summed E-state index contributed by atoms with van der Waals surface area (Å²) in [5, 5.41) is 4.70. The summed E-state index contributed by atoms with van der Waals surface area (Å²) in [6.45, 7) is 2.16. The third-order valence-corrected chi connectivity index (χ3v) is 3.47. The van der Waals surface area contributed by atoms with Crippen LogP contribution in [0.2, 0.25) is 5.02 Å². The first-order valence-electron chi connectivity index (χ1n) is 6.75. The van der Waals surface area contributed by atoms with Gasteiger partial charge in [0, 0.05) is 10.6 Å². The molecule has 4 nitrogen and oxygen atoms in total. The predicted molar refractivity (Wildman–Crippen MR) is 81.1 cm³/mol. The first kappa shape index (κ1) is 14.7. The molecule has 0 fully saturated rings. The van der Waals surface area contributed by atoms with Crippen molar-refractivity contribution >= 4 is 17.5 Å². The van der Waals surface area contributed by atoms with Gasteiger partial charge in [0.05, 0.1) is 18.4 Å². The fraction of sp³-hybridized carbons (Fsp3) is 0.400. The summed E-state index contributed by atoms with van der Waals surface area (Å²) >= 11 is 6.07. The number of hydrogen-bond acceptors (Lipinski definition) is 4. The zero-order chi connectivity index (χ0) is 14.5. The molecule has 1 aromatic heterocycles. The number of rotatable bonds is 6. The van der Waals surface area contributed by atoms with Gasteiger partial charge in [0.2, 0.25) is 5.88 Å². The van der Waals surface area contributed by atoms with Gasteiger partial charge in [0.25, 0.3) is 0 Å². The number of nitrogen functional groups attached to an aromatic ring is 1. The average Bonchev–Trinajstić information content (AvgIpc) is 2.80. The van der Waals surface area contributed by atoms with Crippen molar-refractivity contribution < 1.29 is 9.26 Å². The SMILES string of the molecule is CCCCCc1noc(N)c1-c1cc(Cl)ccc1OC. The van der Waals surface area contributed by atoms with Gasteiger partial charge in [-0.3, -0.25) is 0 Å². The number of ether oxygens (including phenoxy) is 1. The Labute approximate surface area is 123 Å². The second kappa shape index (κ2) is 6.66. The number of nitrogens with zero attached hydrogens (tertiary/aromatic N) is 1. The van der Waals surface area contributed by atoms with Gasteiger partial charge in [0.1, 0.15) is 5.75 Å². The van der Waals surface area contributed by atoms with Gasteiger partial charge >= 0.3 is 0 Å². The Balaban J connectivity index is 2.41. The van der Waals surface area contributed by atoms with Crippen molar-refractivity contribution in [1.29, 1.82) is 0 Å². The molecule has 0 saturated heterocycles. The van der Waals surface area contributed by atoms with Crippen molar-refractivity contribution in [2.45, 2.75) is 32.6 Å². The summed E-state index contributed by atoms with van der Waals surface area (Å²) < 4.78 is 10.5. The van der Waals surface area contributed by atoms with Crippen LogP contribution in [-0.2, 0) is 6.42 Å². The fourth-order valence-electron chi connectivity index (χ4n) is 2.21. The highest BCUT2D eigenvalue weighted by Gasteiger charge is 2.19. The van der Waals surface area contributed by atoms with E-state index in [-0.39, 0.29) is 0 Å². The van der Waals surface area contributed by atoms with Crippen molar-refractivity contribution in [3.8, 4) is 16.9 Å². The summed E-state index contributed by atoms with van der Waals surface area (Å²) in [6, 6.07) is 5.43. The summed E-state index contributed by atoms with van der Waals surface area (Å²) in [5.41, 5.74) is 8.40. The lowest BCUT2D eigenvalue weighted by molar-refractivity contribution is 0.416. The van der Waals surface area contributed by atoms with Crippen LogP contribution in [-0.4, -0.2) is 12.3 Å². The van der Waals surface area contributed by atoms with Crippen molar-refractivity contribution in [3.63, 3.8) is 0 Å². The molecule has 108 valence electrons. The first-order chi connectivity index (χ1) is 9.67. The standard InChI is InChI=1S/C15H19ClN2O2/c1-3-4-5-6-12-14(15(17)20-18-12)11-9-10(16)7-8-13(11)19-2/h7-9H,3-6,17H2,1-2H3. The van der Waals surface area contributed by atoms with E-state index < -0.39 is 0 Å². The smallest absolute Gasteiger partial charge is 0.230 e. The summed E-state index contributed by atoms with van der Waals surface area (Å²) in [5.74, 6) is 1.01. The molecular formula is C15H19ClN2O2. The highest BCUT2D eigenvalue weighted by Crippen LogP contribution is 2.38. The predicted octanol–water partition coefficient (Wildman–Crippen LogP) is 4.32. The lowest BCUT2D eigenvalue weighted by Gasteiger charge is -2.09. The molecule has 1 heterocycles. The molecular weight excluding hydrogens is 276 g/mol. The van der Waals surface area contributed by atoms with Crippen molar-refractivity contribution in [3.05, 3.63) is 28.9 Å². The maximum Gasteiger partial charge on any atom is 0.230 e. The number of benzene rings is 1. The van der Waals surface area contributed by atoms with Crippen LogP contribution in [0, 0.1) is 0 Å². The number of hydrogen-bond donors (Lipinski definition) is 1. The molecule has 2 N–H and O–H groups in total. The zero-order valence-corrected chi connectivity index (χ0v) is 12.5. The quantitative estimate of drug-likeness (QED) is 0.806. The van der Waals surface area contributed by atoms with Crippen LogP contribution < -0.4 is 10.5 Å². The topological polar surface area (TPSA) is 61.3 Å². The molecule has 0 unspecified atom stereocenters. The van der Waals surface area contributed by atoms with E-state index in [9.17, 15) is 0 Å². The van der Waals surface area contributed by atoms with Crippen LogP contribution in [0.4, 0.5) is 5.88 Å². The Morgan fingerprint density at radius 1 is 1.35 bits per heavy atom. The molecule has 1 aromatic carbocycles. The largest absolute Gasteiger partial charge is 0.496 e. The monoisotopic (exact) mass is 294 g/mol. The Morgan fingerprint density at radius 2 is 2.15 bits per heavy atom. The second-order valence-corrected chi connectivity index (χ2v) is 5.11.